The zero-order chi connectivity index (χ0) is 9.68. The van der Waals surface area contributed by atoms with E-state index in [4.69, 9.17) is 9.47 Å². The van der Waals surface area contributed by atoms with Crippen molar-refractivity contribution in [1.29, 1.82) is 0 Å². The maximum atomic E-state index is 11.3. The molecule has 1 atom stereocenters. The predicted octanol–water partition coefficient (Wildman–Crippen LogP) is 0.0426. The van der Waals surface area contributed by atoms with E-state index in [-0.39, 0.29) is 0 Å². The van der Waals surface area contributed by atoms with Crippen LogP contribution in [0, 0.1) is 0 Å². The minimum atomic E-state index is -0.671. The first-order valence-corrected chi connectivity index (χ1v) is 4.22. The molecule has 13 heavy (non-hydrogen) atoms. The number of hydrogen-bond acceptors (Lipinski definition) is 4. The van der Waals surface area contributed by atoms with Gasteiger partial charge in [0.15, 0.2) is 12.4 Å². The number of carbonyl (C=O) groups is 2. The van der Waals surface area contributed by atoms with E-state index in [1.807, 2.05) is 0 Å². The van der Waals surface area contributed by atoms with Crippen LogP contribution in [0.5, 0.6) is 0 Å². The Hall–Kier alpha value is -1.10. The second-order valence-corrected chi connectivity index (χ2v) is 2.82. The highest BCUT2D eigenvalue weighted by molar-refractivity contribution is 5.71. The Kier molecular flexibility index (Phi) is 3.70. The van der Waals surface area contributed by atoms with Crippen LogP contribution in [0.3, 0.4) is 0 Å². The van der Waals surface area contributed by atoms with Gasteiger partial charge in [-0.15, -0.1) is 0 Å². The fourth-order valence-electron chi connectivity index (χ4n) is 1.01. The highest BCUT2D eigenvalue weighted by Crippen LogP contribution is 2.01. The van der Waals surface area contributed by atoms with Crippen LogP contribution < -0.4 is 0 Å². The van der Waals surface area contributed by atoms with Crippen molar-refractivity contribution in [2.45, 2.75) is 13.0 Å². The fourth-order valence-corrected chi connectivity index (χ4v) is 1.01. The number of rotatable bonds is 2. The van der Waals surface area contributed by atoms with Crippen LogP contribution in [0.1, 0.15) is 6.92 Å². The van der Waals surface area contributed by atoms with Gasteiger partial charge in [0.05, 0.1) is 13.2 Å². The van der Waals surface area contributed by atoms with Gasteiger partial charge in [-0.1, -0.05) is 0 Å². The molecule has 0 aromatic heterocycles. The van der Waals surface area contributed by atoms with E-state index < -0.39 is 12.2 Å². The van der Waals surface area contributed by atoms with E-state index in [0.717, 1.165) is 0 Å². The summed E-state index contributed by atoms with van der Waals surface area (Å²) in [4.78, 5) is 23.0. The molecule has 1 heterocycles. The summed E-state index contributed by atoms with van der Waals surface area (Å²) < 4.78 is 9.86. The van der Waals surface area contributed by atoms with Gasteiger partial charge < -0.3 is 14.4 Å². The second-order valence-electron chi connectivity index (χ2n) is 2.82. The van der Waals surface area contributed by atoms with Crippen molar-refractivity contribution in [3.8, 4) is 0 Å². The summed E-state index contributed by atoms with van der Waals surface area (Å²) in [5.41, 5.74) is 0. The molecule has 5 nitrogen and oxygen atoms in total. The molecule has 1 saturated heterocycles. The summed E-state index contributed by atoms with van der Waals surface area (Å²) in [6, 6.07) is 0. The number of nitrogens with zero attached hydrogens (tertiary/aromatic N) is 1. The van der Waals surface area contributed by atoms with Gasteiger partial charge >= 0.3 is 6.09 Å². The van der Waals surface area contributed by atoms with Crippen molar-refractivity contribution < 1.29 is 19.1 Å². The predicted molar refractivity (Wildman–Crippen MR) is 44.4 cm³/mol. The summed E-state index contributed by atoms with van der Waals surface area (Å²) in [5, 5.41) is 0. The van der Waals surface area contributed by atoms with Crippen molar-refractivity contribution in [3.63, 3.8) is 0 Å². The Morgan fingerprint density at radius 2 is 2.15 bits per heavy atom. The molecule has 0 aromatic rings. The lowest BCUT2D eigenvalue weighted by Crippen LogP contribution is -2.42. The minimum absolute atomic E-state index is 0.442. The third-order valence-electron chi connectivity index (χ3n) is 1.75. The third kappa shape index (κ3) is 3.02. The molecule has 0 radical (unpaired) electrons. The molecular formula is C8H13NO4. The van der Waals surface area contributed by atoms with E-state index in [1.165, 1.54) is 11.8 Å². The Balaban J connectivity index is 2.32. The summed E-state index contributed by atoms with van der Waals surface area (Å²) >= 11 is 0. The maximum Gasteiger partial charge on any atom is 0.410 e. The second kappa shape index (κ2) is 4.81. The number of aldehydes is 1. The number of amides is 1. The molecule has 5 heteroatoms. The third-order valence-corrected chi connectivity index (χ3v) is 1.75. The Morgan fingerprint density at radius 1 is 1.54 bits per heavy atom. The highest BCUT2D eigenvalue weighted by atomic mass is 16.6. The van der Waals surface area contributed by atoms with Gasteiger partial charge in [0.1, 0.15) is 0 Å². The first kappa shape index (κ1) is 9.98. The number of ether oxygens (including phenoxy) is 2. The minimum Gasteiger partial charge on any atom is -0.439 e. The highest BCUT2D eigenvalue weighted by Gasteiger charge is 2.19. The van der Waals surface area contributed by atoms with E-state index in [0.29, 0.717) is 32.6 Å². The molecule has 1 aliphatic heterocycles. The van der Waals surface area contributed by atoms with Crippen LogP contribution in [0.25, 0.3) is 0 Å². The van der Waals surface area contributed by atoms with Gasteiger partial charge in [-0.25, -0.2) is 4.79 Å². The van der Waals surface area contributed by atoms with Crippen molar-refractivity contribution in [3.05, 3.63) is 0 Å². The molecule has 0 saturated carbocycles. The summed E-state index contributed by atoms with van der Waals surface area (Å²) in [6.45, 7) is 3.66. The molecule has 1 aliphatic rings. The van der Waals surface area contributed by atoms with Crippen molar-refractivity contribution in [1.82, 2.24) is 4.90 Å². The SMILES string of the molecule is C[C@@H](C=O)OC(=O)N1CCOCC1. The van der Waals surface area contributed by atoms with Gasteiger partial charge in [-0.3, -0.25) is 4.79 Å². The fraction of sp³-hybridized carbons (Fsp3) is 0.750. The number of carbonyl (C=O) groups excluding carboxylic acids is 2. The summed E-state index contributed by atoms with van der Waals surface area (Å²) in [5.74, 6) is 0. The van der Waals surface area contributed by atoms with Crippen molar-refractivity contribution in [2.24, 2.45) is 0 Å². The van der Waals surface area contributed by atoms with Crippen LogP contribution in [0.4, 0.5) is 4.79 Å². The van der Waals surface area contributed by atoms with Crippen LogP contribution >= 0.6 is 0 Å². The summed E-state index contributed by atoms with van der Waals surface area (Å²) in [7, 11) is 0. The van der Waals surface area contributed by atoms with Gasteiger partial charge in [-0.05, 0) is 6.92 Å². The molecule has 74 valence electrons. The molecule has 0 aliphatic carbocycles. The zero-order valence-corrected chi connectivity index (χ0v) is 7.56. The number of hydrogen-bond donors (Lipinski definition) is 0. The lowest BCUT2D eigenvalue weighted by molar-refractivity contribution is -0.115. The average molecular weight is 187 g/mol. The van der Waals surface area contributed by atoms with Gasteiger partial charge in [0.2, 0.25) is 0 Å². The van der Waals surface area contributed by atoms with Gasteiger partial charge in [-0.2, -0.15) is 0 Å². The lowest BCUT2D eigenvalue weighted by atomic mass is 10.4. The standard InChI is InChI=1S/C8H13NO4/c1-7(6-10)13-8(11)9-2-4-12-5-3-9/h6-7H,2-5H2,1H3/t7-/m0/s1. The van der Waals surface area contributed by atoms with Gasteiger partial charge in [0.25, 0.3) is 0 Å². The maximum absolute atomic E-state index is 11.3. The topological polar surface area (TPSA) is 55.8 Å². The Bertz CT molecular complexity index is 189. The molecule has 0 unspecified atom stereocenters. The number of morpholine rings is 1. The largest absolute Gasteiger partial charge is 0.439 e. The molecule has 0 aromatic carbocycles. The van der Waals surface area contributed by atoms with Crippen molar-refractivity contribution >= 4 is 12.4 Å². The zero-order valence-electron chi connectivity index (χ0n) is 7.56. The first-order chi connectivity index (χ1) is 6.24. The monoisotopic (exact) mass is 187 g/mol. The molecule has 1 rings (SSSR count). The molecule has 0 N–H and O–H groups in total. The molecule has 0 spiro atoms. The van der Waals surface area contributed by atoms with E-state index >= 15 is 0 Å². The first-order valence-electron chi connectivity index (χ1n) is 4.22. The smallest absolute Gasteiger partial charge is 0.410 e. The van der Waals surface area contributed by atoms with E-state index in [9.17, 15) is 9.59 Å². The molecule has 1 amide bonds. The summed E-state index contributed by atoms with van der Waals surface area (Å²) in [6.07, 6.45) is -0.517. The van der Waals surface area contributed by atoms with Crippen LogP contribution in [-0.2, 0) is 14.3 Å². The average Bonchev–Trinajstić information content (AvgIpc) is 2.19. The quantitative estimate of drug-likeness (QED) is 0.573. The van der Waals surface area contributed by atoms with Crippen LogP contribution in [0.15, 0.2) is 0 Å². The normalized spacial score (nSPS) is 19.3. The van der Waals surface area contributed by atoms with Crippen molar-refractivity contribution in [2.75, 3.05) is 26.3 Å². The Labute approximate surface area is 76.6 Å². The van der Waals surface area contributed by atoms with E-state index in [2.05, 4.69) is 0 Å². The van der Waals surface area contributed by atoms with Gasteiger partial charge in [0, 0.05) is 13.1 Å². The van der Waals surface area contributed by atoms with Crippen LogP contribution in [-0.4, -0.2) is 49.7 Å². The molecular weight excluding hydrogens is 174 g/mol. The van der Waals surface area contributed by atoms with E-state index in [1.54, 1.807) is 0 Å². The molecule has 1 fully saturated rings. The lowest BCUT2D eigenvalue weighted by Gasteiger charge is -2.26. The van der Waals surface area contributed by atoms with Crippen LogP contribution in [0.2, 0.25) is 0 Å². The molecule has 0 bridgehead atoms. The Morgan fingerprint density at radius 3 is 2.69 bits per heavy atom.